The lowest BCUT2D eigenvalue weighted by atomic mass is 10.2. The molecule has 0 aliphatic heterocycles. The molecule has 0 aliphatic rings. The largest absolute Gasteiger partial charge is 0.495 e. The topological polar surface area (TPSA) is 111 Å². The van der Waals surface area contributed by atoms with Gasteiger partial charge in [0.05, 0.1) is 12.8 Å². The van der Waals surface area contributed by atoms with Crippen LogP contribution in [0.1, 0.15) is 51.4 Å². The highest BCUT2D eigenvalue weighted by Gasteiger charge is 2.20. The molecule has 2 N–H and O–H groups in total. The maximum atomic E-state index is 12.7. The molecule has 0 fully saturated rings. The maximum Gasteiger partial charge on any atom is 0.330 e. The average molecular weight is 456 g/mol. The van der Waals surface area contributed by atoms with Crippen LogP contribution in [0.15, 0.2) is 27.8 Å². The molecule has 0 saturated heterocycles. The second-order valence-corrected chi connectivity index (χ2v) is 8.72. The normalized spacial score (nSPS) is 11.3. The van der Waals surface area contributed by atoms with Gasteiger partial charge in [-0.05, 0) is 37.0 Å². The second kappa shape index (κ2) is 10.5. The van der Waals surface area contributed by atoms with Crippen LogP contribution >= 0.6 is 0 Å². The van der Waals surface area contributed by atoms with Gasteiger partial charge >= 0.3 is 5.69 Å². The summed E-state index contributed by atoms with van der Waals surface area (Å²) in [5.41, 5.74) is 1.49. The fourth-order valence-electron chi connectivity index (χ4n) is 3.85. The Hall–Kier alpha value is -3.36. The number of imidazole rings is 1. The first-order valence-corrected chi connectivity index (χ1v) is 11.4. The summed E-state index contributed by atoms with van der Waals surface area (Å²) in [6.07, 6.45) is 2.22. The first-order valence-electron chi connectivity index (χ1n) is 11.4. The number of anilines is 1. The standard InChI is InChI=1S/C24H33N5O4/c1-6-7-12-28-22-21(23(31)27-24(28)32)29(14-15(2)3)19(26-22)10-11-20(30)25-17-13-16(4)8-9-18(17)33-5/h8-9,13,15H,6-7,10-12,14H2,1-5H3,(H,25,30)(H,27,31,32). The molecular formula is C24H33N5O4. The molecule has 0 atom stereocenters. The quantitative estimate of drug-likeness (QED) is 0.488. The van der Waals surface area contributed by atoms with Crippen molar-refractivity contribution in [3.8, 4) is 5.75 Å². The van der Waals surface area contributed by atoms with E-state index >= 15 is 0 Å². The van der Waals surface area contributed by atoms with Gasteiger partial charge in [0.1, 0.15) is 11.6 Å². The number of nitrogens with one attached hydrogen (secondary N) is 2. The molecule has 178 valence electrons. The highest BCUT2D eigenvalue weighted by molar-refractivity contribution is 5.92. The van der Waals surface area contributed by atoms with Crippen LogP contribution in [0.4, 0.5) is 5.69 Å². The third kappa shape index (κ3) is 5.53. The number of aryl methyl sites for hydroxylation is 3. The minimum absolute atomic E-state index is 0.176. The molecule has 2 heterocycles. The zero-order valence-corrected chi connectivity index (χ0v) is 20.0. The lowest BCUT2D eigenvalue weighted by molar-refractivity contribution is -0.116. The summed E-state index contributed by atoms with van der Waals surface area (Å²) >= 11 is 0. The molecular weight excluding hydrogens is 422 g/mol. The third-order valence-electron chi connectivity index (χ3n) is 5.45. The molecule has 1 aromatic carbocycles. The summed E-state index contributed by atoms with van der Waals surface area (Å²) < 4.78 is 8.71. The summed E-state index contributed by atoms with van der Waals surface area (Å²) in [5.74, 6) is 1.28. The Morgan fingerprint density at radius 3 is 2.67 bits per heavy atom. The number of carbonyl (C=O) groups is 1. The van der Waals surface area contributed by atoms with Crippen molar-refractivity contribution in [2.75, 3.05) is 12.4 Å². The van der Waals surface area contributed by atoms with E-state index in [-0.39, 0.29) is 18.2 Å². The first-order chi connectivity index (χ1) is 15.7. The van der Waals surface area contributed by atoms with Crippen molar-refractivity contribution in [3.05, 3.63) is 50.4 Å². The summed E-state index contributed by atoms with van der Waals surface area (Å²) in [5, 5.41) is 2.90. The van der Waals surface area contributed by atoms with Crippen molar-refractivity contribution >= 4 is 22.8 Å². The van der Waals surface area contributed by atoms with Crippen molar-refractivity contribution < 1.29 is 9.53 Å². The van der Waals surface area contributed by atoms with E-state index in [4.69, 9.17) is 4.74 Å². The number of nitrogens with zero attached hydrogens (tertiary/aromatic N) is 3. The Bertz CT molecular complexity index is 1250. The van der Waals surface area contributed by atoms with Gasteiger partial charge in [-0.2, -0.15) is 0 Å². The number of methoxy groups -OCH3 is 1. The monoisotopic (exact) mass is 455 g/mol. The van der Waals surface area contributed by atoms with Crippen LogP contribution in [0.3, 0.4) is 0 Å². The molecule has 2 aromatic heterocycles. The number of amides is 1. The summed E-state index contributed by atoms with van der Waals surface area (Å²) in [6.45, 7) is 9.13. The van der Waals surface area contributed by atoms with E-state index in [9.17, 15) is 14.4 Å². The van der Waals surface area contributed by atoms with Gasteiger partial charge in [0.25, 0.3) is 5.56 Å². The number of benzene rings is 1. The lowest BCUT2D eigenvalue weighted by Crippen LogP contribution is -2.31. The van der Waals surface area contributed by atoms with E-state index in [1.54, 1.807) is 7.11 Å². The van der Waals surface area contributed by atoms with Gasteiger partial charge in [0, 0.05) is 25.9 Å². The van der Waals surface area contributed by atoms with Crippen molar-refractivity contribution in [1.82, 2.24) is 19.1 Å². The Morgan fingerprint density at radius 2 is 2.00 bits per heavy atom. The molecule has 0 spiro atoms. The Kier molecular flexibility index (Phi) is 7.73. The van der Waals surface area contributed by atoms with Gasteiger partial charge in [-0.1, -0.05) is 33.3 Å². The average Bonchev–Trinajstić information content (AvgIpc) is 3.10. The second-order valence-electron chi connectivity index (χ2n) is 8.72. The first kappa shape index (κ1) is 24.3. The van der Waals surface area contributed by atoms with Crippen molar-refractivity contribution in [3.63, 3.8) is 0 Å². The van der Waals surface area contributed by atoms with Crippen molar-refractivity contribution in [1.29, 1.82) is 0 Å². The predicted molar refractivity (Wildman–Crippen MR) is 129 cm³/mol. The molecule has 0 saturated carbocycles. The number of fused-ring (bicyclic) bond motifs is 1. The van der Waals surface area contributed by atoms with Crippen LogP contribution in [-0.4, -0.2) is 32.1 Å². The number of hydrogen-bond donors (Lipinski definition) is 2. The van der Waals surface area contributed by atoms with Gasteiger partial charge < -0.3 is 14.6 Å². The minimum atomic E-state index is -0.453. The number of aromatic amines is 1. The van der Waals surface area contributed by atoms with E-state index in [0.29, 0.717) is 47.9 Å². The van der Waals surface area contributed by atoms with Crippen LogP contribution in [0.25, 0.3) is 11.2 Å². The Balaban J connectivity index is 1.93. The molecule has 0 radical (unpaired) electrons. The summed E-state index contributed by atoms with van der Waals surface area (Å²) in [7, 11) is 1.56. The van der Waals surface area contributed by atoms with Crippen LogP contribution in [-0.2, 0) is 24.3 Å². The van der Waals surface area contributed by atoms with Gasteiger partial charge in [0.15, 0.2) is 11.2 Å². The van der Waals surface area contributed by atoms with Gasteiger partial charge in [-0.15, -0.1) is 0 Å². The van der Waals surface area contributed by atoms with Crippen molar-refractivity contribution in [2.45, 2.75) is 66.5 Å². The van der Waals surface area contributed by atoms with Crippen LogP contribution in [0, 0.1) is 12.8 Å². The predicted octanol–water partition coefficient (Wildman–Crippen LogP) is 3.23. The summed E-state index contributed by atoms with van der Waals surface area (Å²) in [4.78, 5) is 45.0. The molecule has 9 heteroatoms. The molecule has 0 bridgehead atoms. The highest BCUT2D eigenvalue weighted by atomic mass is 16.5. The van der Waals surface area contributed by atoms with Crippen molar-refractivity contribution in [2.24, 2.45) is 5.92 Å². The van der Waals surface area contributed by atoms with Gasteiger partial charge in [-0.3, -0.25) is 19.1 Å². The number of carbonyl (C=O) groups excluding carboxylic acids is 1. The fraction of sp³-hybridized carbons (Fsp3) is 0.500. The van der Waals surface area contributed by atoms with E-state index in [0.717, 1.165) is 18.4 Å². The number of H-pyrrole nitrogens is 1. The highest BCUT2D eigenvalue weighted by Crippen LogP contribution is 2.25. The maximum absolute atomic E-state index is 12.7. The van der Waals surface area contributed by atoms with Gasteiger partial charge in [-0.25, -0.2) is 9.78 Å². The van der Waals surface area contributed by atoms with Gasteiger partial charge in [0.2, 0.25) is 5.91 Å². The zero-order valence-electron chi connectivity index (χ0n) is 20.0. The molecule has 0 aliphatic carbocycles. The number of ether oxygens (including phenoxy) is 1. The van der Waals surface area contributed by atoms with E-state index in [2.05, 4.69) is 15.3 Å². The number of unbranched alkanes of at least 4 members (excludes halogenated alkanes) is 1. The summed E-state index contributed by atoms with van der Waals surface area (Å²) in [6, 6.07) is 5.59. The van der Waals surface area contributed by atoms with E-state index in [1.165, 1.54) is 4.57 Å². The molecule has 9 nitrogen and oxygen atoms in total. The van der Waals surface area contributed by atoms with Crippen LogP contribution < -0.4 is 21.3 Å². The molecule has 33 heavy (non-hydrogen) atoms. The zero-order chi connectivity index (χ0) is 24.1. The molecule has 0 unspecified atom stereocenters. The molecule has 1 amide bonds. The molecule has 3 rings (SSSR count). The minimum Gasteiger partial charge on any atom is -0.495 e. The number of aromatic nitrogens is 4. The Morgan fingerprint density at radius 1 is 1.24 bits per heavy atom. The van der Waals surface area contributed by atoms with E-state index < -0.39 is 11.2 Å². The number of hydrogen-bond acceptors (Lipinski definition) is 5. The number of rotatable bonds is 10. The fourth-order valence-corrected chi connectivity index (χ4v) is 3.85. The molecule has 3 aromatic rings. The SMILES string of the molecule is CCCCn1c(=O)[nH]c(=O)c2c1nc(CCC(=O)Nc1cc(C)ccc1OC)n2CC(C)C. The van der Waals surface area contributed by atoms with Crippen LogP contribution in [0.2, 0.25) is 0 Å². The third-order valence-corrected chi connectivity index (χ3v) is 5.45. The van der Waals surface area contributed by atoms with Crippen LogP contribution in [0.5, 0.6) is 5.75 Å². The van der Waals surface area contributed by atoms with E-state index in [1.807, 2.05) is 50.5 Å². The lowest BCUT2D eigenvalue weighted by Gasteiger charge is -2.13. The smallest absolute Gasteiger partial charge is 0.330 e. The Labute approximate surface area is 192 Å².